The third kappa shape index (κ3) is 14.0. The Labute approximate surface area is 295 Å². The molecule has 2 aromatic carbocycles. The standard InChI is InChI=1S/C31H39F3N6O3.C3H5F3.C2H2/c1-38(2)23-14-17-40(18-15-23)20-35-26(41)19-22(13-16-31(32,33)34)29(42)37-28-30(43)39(3)25-12-8-7-11-24(25)27(36-28)21-9-5-4-6-10-21;1-2-3(4,5)6;1-2/h4-12,22-23,28H,13-20H2,1-3H3,(H,35,41)(H,37,42);2H2,1H3;1-2H/t22-,28-;;/m1../s1. The quantitative estimate of drug-likeness (QED) is 0.246. The number of hydrogen-bond acceptors (Lipinski definition) is 6. The van der Waals surface area contributed by atoms with Crippen LogP contribution in [0, 0.1) is 18.8 Å². The van der Waals surface area contributed by atoms with Crippen LogP contribution < -0.4 is 15.5 Å². The molecule has 2 aliphatic rings. The summed E-state index contributed by atoms with van der Waals surface area (Å²) in [7, 11) is 5.61. The van der Waals surface area contributed by atoms with Gasteiger partial charge in [0.2, 0.25) is 18.0 Å². The van der Waals surface area contributed by atoms with E-state index in [9.17, 15) is 40.7 Å². The average Bonchev–Trinajstić information content (AvgIpc) is 3.20. The SMILES string of the molecule is C#C.CCC(F)(F)F.CN1C(=O)[C@@H](NC(=O)[C@H](CCC(F)(F)F)CC(=O)NCN2CCC(N(C)C)CC2)N=C(c2ccccc2)c2ccccc21. The molecule has 0 aliphatic carbocycles. The number of anilines is 1. The van der Waals surface area contributed by atoms with Crippen LogP contribution in [0.4, 0.5) is 32.0 Å². The molecule has 2 N–H and O–H groups in total. The van der Waals surface area contributed by atoms with E-state index in [0.29, 0.717) is 28.6 Å². The molecule has 1 saturated heterocycles. The van der Waals surface area contributed by atoms with Crippen molar-refractivity contribution >= 4 is 29.1 Å². The summed E-state index contributed by atoms with van der Waals surface area (Å²) in [4.78, 5) is 50.0. The summed E-state index contributed by atoms with van der Waals surface area (Å²) in [5, 5.41) is 5.31. The van der Waals surface area contributed by atoms with Crippen molar-refractivity contribution in [1.82, 2.24) is 20.4 Å². The largest absolute Gasteiger partial charge is 0.389 e. The molecule has 2 atom stereocenters. The molecule has 0 saturated carbocycles. The van der Waals surface area contributed by atoms with E-state index in [1.807, 2.05) is 56.6 Å². The molecule has 280 valence electrons. The fourth-order valence-electron chi connectivity index (χ4n) is 5.45. The van der Waals surface area contributed by atoms with E-state index in [2.05, 4.69) is 38.3 Å². The van der Waals surface area contributed by atoms with Crippen LogP contribution in [0.1, 0.15) is 56.6 Å². The minimum atomic E-state index is -4.51. The second-order valence-electron chi connectivity index (χ2n) is 12.3. The van der Waals surface area contributed by atoms with Crippen LogP contribution in [0.3, 0.4) is 0 Å². The summed E-state index contributed by atoms with van der Waals surface area (Å²) in [6, 6.07) is 16.8. The molecule has 3 amide bonds. The Bertz CT molecular complexity index is 1470. The summed E-state index contributed by atoms with van der Waals surface area (Å²) in [5.41, 5.74) is 2.42. The number of halogens is 6. The Morgan fingerprint density at radius 1 is 0.961 bits per heavy atom. The van der Waals surface area contributed by atoms with E-state index in [4.69, 9.17) is 0 Å². The number of likely N-dealkylation sites (tertiary alicyclic amines) is 1. The molecule has 0 radical (unpaired) electrons. The van der Waals surface area contributed by atoms with Gasteiger partial charge in [-0.15, -0.1) is 12.8 Å². The van der Waals surface area contributed by atoms with E-state index >= 15 is 0 Å². The van der Waals surface area contributed by atoms with Crippen LogP contribution in [0.25, 0.3) is 0 Å². The van der Waals surface area contributed by atoms with Crippen LogP contribution in [0.5, 0.6) is 0 Å². The third-order valence-corrected chi connectivity index (χ3v) is 8.44. The lowest BCUT2D eigenvalue weighted by Crippen LogP contribution is -2.49. The zero-order valence-electron chi connectivity index (χ0n) is 29.2. The average molecular weight is 725 g/mol. The summed E-state index contributed by atoms with van der Waals surface area (Å²) in [5.74, 6) is -3.21. The lowest BCUT2D eigenvalue weighted by Gasteiger charge is -2.35. The zero-order valence-corrected chi connectivity index (χ0v) is 29.2. The monoisotopic (exact) mass is 724 g/mol. The number of carbonyl (C=O) groups is 3. The Morgan fingerprint density at radius 2 is 1.53 bits per heavy atom. The number of benzodiazepines with no additional fused rings is 1. The lowest BCUT2D eigenvalue weighted by molar-refractivity contribution is -0.144. The number of likely N-dealkylation sites (N-methyl/N-ethyl adjacent to an activating group) is 1. The second kappa shape index (κ2) is 19.8. The number of nitrogens with zero attached hydrogens (tertiary/aromatic N) is 4. The molecule has 51 heavy (non-hydrogen) atoms. The first-order chi connectivity index (χ1) is 24.0. The smallest absolute Gasteiger partial charge is 0.343 e. The van der Waals surface area contributed by atoms with Gasteiger partial charge in [-0.05, 0) is 39.4 Å². The lowest BCUT2D eigenvalue weighted by atomic mass is 9.97. The number of terminal acetylenes is 1. The number of alkyl halides is 6. The van der Waals surface area contributed by atoms with Crippen LogP contribution in [-0.4, -0.2) is 98.7 Å². The zero-order chi connectivity index (χ0) is 38.4. The molecule has 2 aliphatic heterocycles. The van der Waals surface area contributed by atoms with Crippen molar-refractivity contribution in [2.75, 3.05) is 45.8 Å². The summed E-state index contributed by atoms with van der Waals surface area (Å²) >= 11 is 0. The molecule has 0 spiro atoms. The molecule has 0 aromatic heterocycles. The molecule has 2 aromatic rings. The van der Waals surface area contributed by atoms with E-state index < -0.39 is 67.8 Å². The number of hydrogen-bond donors (Lipinski definition) is 2. The minimum absolute atomic E-state index is 0.251. The number of benzene rings is 2. The molecule has 1 fully saturated rings. The molecular weight excluding hydrogens is 678 g/mol. The van der Waals surface area contributed by atoms with Crippen molar-refractivity contribution in [3.63, 3.8) is 0 Å². The second-order valence-corrected chi connectivity index (χ2v) is 12.3. The highest BCUT2D eigenvalue weighted by atomic mass is 19.4. The third-order valence-electron chi connectivity index (χ3n) is 8.44. The first-order valence-electron chi connectivity index (χ1n) is 16.4. The van der Waals surface area contributed by atoms with E-state index in [0.717, 1.165) is 32.9 Å². The molecule has 4 rings (SSSR count). The maximum absolute atomic E-state index is 13.5. The number of piperidine rings is 1. The normalized spacial score (nSPS) is 17.4. The van der Waals surface area contributed by atoms with Gasteiger partial charge in [-0.3, -0.25) is 19.3 Å². The minimum Gasteiger partial charge on any atom is -0.343 e. The number of fused-ring (bicyclic) bond motifs is 1. The van der Waals surface area contributed by atoms with Crippen LogP contribution in [0.15, 0.2) is 59.6 Å². The number of carbonyl (C=O) groups excluding carboxylic acids is 3. The Kier molecular flexibility index (Phi) is 16.6. The number of aliphatic imine (C=N–C) groups is 1. The Morgan fingerprint density at radius 3 is 2.08 bits per heavy atom. The first-order valence-corrected chi connectivity index (χ1v) is 16.4. The summed E-state index contributed by atoms with van der Waals surface area (Å²) < 4.78 is 71.9. The van der Waals surface area contributed by atoms with Gasteiger partial charge in [0.15, 0.2) is 0 Å². The predicted octanol–water partition coefficient (Wildman–Crippen LogP) is 5.60. The summed E-state index contributed by atoms with van der Waals surface area (Å²) in [6.07, 6.45) is -2.98. The number of nitrogens with one attached hydrogen (secondary N) is 2. The molecule has 0 bridgehead atoms. The summed E-state index contributed by atoms with van der Waals surface area (Å²) in [6.45, 7) is 2.90. The van der Waals surface area contributed by atoms with Crippen LogP contribution in [-0.2, 0) is 14.4 Å². The maximum Gasteiger partial charge on any atom is 0.389 e. The van der Waals surface area contributed by atoms with Gasteiger partial charge in [-0.25, -0.2) is 4.99 Å². The van der Waals surface area contributed by atoms with Gasteiger partial charge in [-0.2, -0.15) is 26.3 Å². The fourth-order valence-corrected chi connectivity index (χ4v) is 5.45. The number of rotatable bonds is 10. The van der Waals surface area contributed by atoms with Gasteiger partial charge in [0, 0.05) is 62.5 Å². The highest BCUT2D eigenvalue weighted by molar-refractivity contribution is 6.20. The molecule has 0 unspecified atom stereocenters. The Hall–Kier alpha value is -4.42. The van der Waals surface area contributed by atoms with Crippen molar-refractivity contribution in [2.45, 2.75) is 70.0 Å². The van der Waals surface area contributed by atoms with E-state index in [1.54, 1.807) is 19.2 Å². The maximum atomic E-state index is 13.5. The van der Waals surface area contributed by atoms with Gasteiger partial charge in [-0.1, -0.05) is 55.5 Å². The first kappa shape index (κ1) is 42.7. The van der Waals surface area contributed by atoms with Crippen molar-refractivity contribution in [1.29, 1.82) is 0 Å². The van der Waals surface area contributed by atoms with Gasteiger partial charge < -0.3 is 20.4 Å². The van der Waals surface area contributed by atoms with Gasteiger partial charge in [0.1, 0.15) is 0 Å². The van der Waals surface area contributed by atoms with Gasteiger partial charge in [0.05, 0.1) is 18.1 Å². The highest BCUT2D eigenvalue weighted by Crippen LogP contribution is 2.29. The highest BCUT2D eigenvalue weighted by Gasteiger charge is 2.35. The topological polar surface area (TPSA) is 97.3 Å². The van der Waals surface area contributed by atoms with Crippen LogP contribution in [0.2, 0.25) is 0 Å². The van der Waals surface area contributed by atoms with Crippen molar-refractivity contribution in [3.8, 4) is 12.8 Å². The fraction of sp³-hybridized carbons (Fsp3) is 0.500. The molecule has 15 heteroatoms. The molecule has 9 nitrogen and oxygen atoms in total. The number of amides is 3. The van der Waals surface area contributed by atoms with Gasteiger partial charge in [0.25, 0.3) is 5.91 Å². The van der Waals surface area contributed by atoms with Crippen molar-refractivity contribution in [3.05, 3.63) is 65.7 Å². The Balaban J connectivity index is 0.00000102. The van der Waals surface area contributed by atoms with Crippen molar-refractivity contribution < 1.29 is 40.7 Å². The van der Waals surface area contributed by atoms with Crippen molar-refractivity contribution in [2.24, 2.45) is 10.9 Å². The van der Waals surface area contributed by atoms with E-state index in [1.165, 1.54) is 4.90 Å². The molecule has 2 heterocycles. The molecular formula is C36H46F6N6O3. The predicted molar refractivity (Wildman–Crippen MR) is 185 cm³/mol. The number of para-hydroxylation sites is 1. The van der Waals surface area contributed by atoms with E-state index in [-0.39, 0.29) is 6.67 Å². The van der Waals surface area contributed by atoms with Gasteiger partial charge >= 0.3 is 12.4 Å². The van der Waals surface area contributed by atoms with Crippen LogP contribution >= 0.6 is 0 Å².